The molecule has 0 spiro atoms. The van der Waals surface area contributed by atoms with Gasteiger partial charge < -0.3 is 20.7 Å². The van der Waals surface area contributed by atoms with Gasteiger partial charge in [-0.15, -0.1) is 0 Å². The molecule has 0 fully saturated rings. The van der Waals surface area contributed by atoms with Gasteiger partial charge in [-0.1, -0.05) is 30.3 Å². The molecule has 0 bridgehead atoms. The summed E-state index contributed by atoms with van der Waals surface area (Å²) in [5, 5.41) is 18.3. The third-order valence-corrected chi connectivity index (χ3v) is 2.42. The van der Waals surface area contributed by atoms with Gasteiger partial charge in [-0.25, -0.2) is 0 Å². The number of benzene rings is 1. The number of nitrogens with two attached hydrogens (primary N) is 1. The van der Waals surface area contributed by atoms with E-state index in [0.717, 1.165) is 5.56 Å². The second-order valence-corrected chi connectivity index (χ2v) is 4.55. The molecule has 0 aliphatic heterocycles. The average molecular weight is 267 g/mol. The summed E-state index contributed by atoms with van der Waals surface area (Å²) < 4.78 is 4.91. The number of ether oxygens (including phenoxy) is 1. The van der Waals surface area contributed by atoms with Gasteiger partial charge in [-0.05, 0) is 12.5 Å². The van der Waals surface area contributed by atoms with Crippen LogP contribution in [0.3, 0.4) is 0 Å². The fourth-order valence-electron chi connectivity index (χ4n) is 1.51. The third-order valence-electron chi connectivity index (χ3n) is 2.42. The van der Waals surface area contributed by atoms with Crippen LogP contribution in [0.5, 0.6) is 0 Å². The predicted octanol–water partition coefficient (Wildman–Crippen LogP) is 0.488. The van der Waals surface area contributed by atoms with E-state index in [1.165, 1.54) is 6.92 Å². The molecule has 1 aromatic carbocycles. The van der Waals surface area contributed by atoms with Crippen LogP contribution in [-0.4, -0.2) is 27.9 Å². The van der Waals surface area contributed by atoms with E-state index in [2.05, 4.69) is 0 Å². The molecule has 104 valence electrons. The highest BCUT2D eigenvalue weighted by atomic mass is 16.5. The summed E-state index contributed by atoms with van der Waals surface area (Å²) in [7, 11) is 0. The molecule has 4 N–H and O–H groups in total. The van der Waals surface area contributed by atoms with Gasteiger partial charge in [0.05, 0.1) is 0 Å². The first-order valence-corrected chi connectivity index (χ1v) is 5.74. The summed E-state index contributed by atoms with van der Waals surface area (Å²) in [6.45, 7) is 1.21. The number of aliphatic hydroxyl groups is 1. The molecule has 6 nitrogen and oxygen atoms in total. The standard InChI is InChI=1S/C13H17NO5/c1-13(14,18)7-10(11(15)16)12(17)19-8-9-5-3-2-4-6-9/h2-6,10,18H,7-8,14H2,1H3,(H,15,16). The Morgan fingerprint density at radius 1 is 1.37 bits per heavy atom. The van der Waals surface area contributed by atoms with Gasteiger partial charge in [-0.2, -0.15) is 0 Å². The lowest BCUT2D eigenvalue weighted by Gasteiger charge is -2.21. The van der Waals surface area contributed by atoms with Gasteiger partial charge in [0, 0.05) is 6.42 Å². The number of carboxylic acids is 1. The van der Waals surface area contributed by atoms with Crippen molar-refractivity contribution >= 4 is 11.9 Å². The minimum Gasteiger partial charge on any atom is -0.481 e. The highest BCUT2D eigenvalue weighted by molar-refractivity contribution is 5.93. The predicted molar refractivity (Wildman–Crippen MR) is 66.8 cm³/mol. The molecule has 1 rings (SSSR count). The molecule has 0 aliphatic carbocycles. The monoisotopic (exact) mass is 267 g/mol. The second kappa shape index (κ2) is 6.31. The fraction of sp³-hybridized carbons (Fsp3) is 0.385. The lowest BCUT2D eigenvalue weighted by atomic mass is 9.99. The minimum absolute atomic E-state index is 0.0177. The number of hydrogen-bond acceptors (Lipinski definition) is 5. The topological polar surface area (TPSA) is 110 Å². The molecule has 0 saturated heterocycles. The maximum absolute atomic E-state index is 11.7. The highest BCUT2D eigenvalue weighted by Gasteiger charge is 2.33. The fourth-order valence-corrected chi connectivity index (χ4v) is 1.51. The Bertz CT molecular complexity index is 438. The normalized spacial score (nSPS) is 15.3. The maximum Gasteiger partial charge on any atom is 0.320 e. The summed E-state index contributed by atoms with van der Waals surface area (Å²) in [5.41, 5.74) is 4.31. The number of rotatable bonds is 6. The summed E-state index contributed by atoms with van der Waals surface area (Å²) in [4.78, 5) is 22.6. The smallest absolute Gasteiger partial charge is 0.320 e. The summed E-state index contributed by atoms with van der Waals surface area (Å²) in [6.07, 6.45) is -0.407. The van der Waals surface area contributed by atoms with Crippen LogP contribution < -0.4 is 5.73 Å². The van der Waals surface area contributed by atoms with Crippen LogP contribution in [0.25, 0.3) is 0 Å². The molecule has 0 amide bonds. The van der Waals surface area contributed by atoms with Gasteiger partial charge in [-0.3, -0.25) is 9.59 Å². The van der Waals surface area contributed by atoms with E-state index < -0.39 is 30.0 Å². The lowest BCUT2D eigenvalue weighted by Crippen LogP contribution is -2.42. The van der Waals surface area contributed by atoms with Gasteiger partial charge in [0.25, 0.3) is 0 Å². The number of carbonyl (C=O) groups excluding carboxylic acids is 1. The van der Waals surface area contributed by atoms with E-state index in [-0.39, 0.29) is 6.61 Å². The van der Waals surface area contributed by atoms with Gasteiger partial charge in [0.2, 0.25) is 0 Å². The first kappa shape index (κ1) is 15.1. The van der Waals surface area contributed by atoms with Crippen LogP contribution in [0.4, 0.5) is 0 Å². The summed E-state index contributed by atoms with van der Waals surface area (Å²) in [6, 6.07) is 8.88. The zero-order valence-electron chi connectivity index (χ0n) is 10.6. The van der Waals surface area contributed by atoms with Crippen LogP contribution in [0.15, 0.2) is 30.3 Å². The van der Waals surface area contributed by atoms with E-state index in [4.69, 9.17) is 15.6 Å². The first-order chi connectivity index (χ1) is 8.79. The Balaban J connectivity index is 2.61. The Morgan fingerprint density at radius 2 is 1.95 bits per heavy atom. The van der Waals surface area contributed by atoms with Crippen LogP contribution >= 0.6 is 0 Å². The number of aliphatic carboxylic acids is 1. The minimum atomic E-state index is -1.74. The molecule has 19 heavy (non-hydrogen) atoms. The Kier molecular flexibility index (Phi) is 5.02. The van der Waals surface area contributed by atoms with Crippen molar-refractivity contribution in [3.05, 3.63) is 35.9 Å². The number of carbonyl (C=O) groups is 2. The van der Waals surface area contributed by atoms with Crippen LogP contribution in [0.1, 0.15) is 18.9 Å². The van der Waals surface area contributed by atoms with E-state index in [1.54, 1.807) is 24.3 Å². The zero-order chi connectivity index (χ0) is 14.5. The summed E-state index contributed by atoms with van der Waals surface area (Å²) in [5.74, 6) is -3.77. The molecule has 6 heteroatoms. The van der Waals surface area contributed by atoms with Crippen molar-refractivity contribution in [2.45, 2.75) is 25.7 Å². The molecular weight excluding hydrogens is 250 g/mol. The van der Waals surface area contributed by atoms with Crippen LogP contribution in [-0.2, 0) is 20.9 Å². The highest BCUT2D eigenvalue weighted by Crippen LogP contribution is 2.15. The van der Waals surface area contributed by atoms with Crippen molar-refractivity contribution in [3.63, 3.8) is 0 Å². The van der Waals surface area contributed by atoms with Gasteiger partial charge >= 0.3 is 11.9 Å². The van der Waals surface area contributed by atoms with Gasteiger partial charge in [0.1, 0.15) is 12.3 Å². The van der Waals surface area contributed by atoms with E-state index >= 15 is 0 Å². The Morgan fingerprint density at radius 3 is 2.42 bits per heavy atom. The van der Waals surface area contributed by atoms with Crippen molar-refractivity contribution in [2.75, 3.05) is 0 Å². The van der Waals surface area contributed by atoms with Crippen molar-refractivity contribution < 1.29 is 24.5 Å². The second-order valence-electron chi connectivity index (χ2n) is 4.55. The number of hydrogen-bond donors (Lipinski definition) is 3. The lowest BCUT2D eigenvalue weighted by molar-refractivity contribution is -0.162. The van der Waals surface area contributed by atoms with E-state index in [1.807, 2.05) is 6.07 Å². The third kappa shape index (κ3) is 5.50. The molecule has 2 unspecified atom stereocenters. The molecule has 1 aromatic rings. The molecular formula is C13H17NO5. The molecule has 0 radical (unpaired) electrons. The van der Waals surface area contributed by atoms with Crippen molar-refractivity contribution in [2.24, 2.45) is 11.7 Å². The van der Waals surface area contributed by atoms with Crippen LogP contribution in [0, 0.1) is 5.92 Å². The maximum atomic E-state index is 11.7. The molecule has 0 aliphatic rings. The average Bonchev–Trinajstić information content (AvgIpc) is 2.33. The quantitative estimate of drug-likeness (QED) is 0.393. The van der Waals surface area contributed by atoms with Gasteiger partial charge in [0.15, 0.2) is 5.92 Å². The Hall–Kier alpha value is -1.92. The van der Waals surface area contributed by atoms with Crippen LogP contribution in [0.2, 0.25) is 0 Å². The largest absolute Gasteiger partial charge is 0.481 e. The van der Waals surface area contributed by atoms with Crippen molar-refractivity contribution in [1.82, 2.24) is 0 Å². The molecule has 0 heterocycles. The molecule has 2 atom stereocenters. The molecule has 0 aromatic heterocycles. The zero-order valence-corrected chi connectivity index (χ0v) is 10.6. The van der Waals surface area contributed by atoms with Crippen molar-refractivity contribution in [3.8, 4) is 0 Å². The van der Waals surface area contributed by atoms with E-state index in [0.29, 0.717) is 0 Å². The first-order valence-electron chi connectivity index (χ1n) is 5.74. The van der Waals surface area contributed by atoms with E-state index in [9.17, 15) is 14.7 Å². The Labute approximate surface area is 110 Å². The van der Waals surface area contributed by atoms with Crippen molar-refractivity contribution in [1.29, 1.82) is 0 Å². The number of carboxylic acid groups (broad SMARTS) is 1. The number of esters is 1. The SMILES string of the molecule is CC(N)(O)CC(C(=O)O)C(=O)OCc1ccccc1. The summed E-state index contributed by atoms with van der Waals surface area (Å²) >= 11 is 0. The molecule has 0 saturated carbocycles.